The number of hydrogen-bond acceptors (Lipinski definition) is 6. The summed E-state index contributed by atoms with van der Waals surface area (Å²) >= 11 is 0. The smallest absolute Gasteiger partial charge is 0.178 e. The molecule has 0 aliphatic carbocycles. The van der Waals surface area contributed by atoms with Gasteiger partial charge in [0.25, 0.3) is 0 Å². The maximum Gasteiger partial charge on any atom is 0.178 e. The van der Waals surface area contributed by atoms with Gasteiger partial charge in [0.05, 0.1) is 29.8 Å². The number of nitrogens with two attached hydrogens (primary N) is 1. The molecule has 0 unspecified atom stereocenters. The van der Waals surface area contributed by atoms with E-state index in [0.717, 1.165) is 16.9 Å². The molecule has 0 aliphatic rings. The molecule has 1 aromatic carbocycles. The van der Waals surface area contributed by atoms with E-state index in [1.165, 1.54) is 0 Å². The normalized spacial score (nSPS) is 10.8. The van der Waals surface area contributed by atoms with Gasteiger partial charge < -0.3 is 11.1 Å². The van der Waals surface area contributed by atoms with E-state index >= 15 is 0 Å². The number of rotatable bonds is 4. The lowest BCUT2D eigenvalue weighted by Crippen LogP contribution is -2.08. The topological polar surface area (TPSA) is 94.0 Å². The Morgan fingerprint density at radius 1 is 1.00 bits per heavy atom. The Labute approximate surface area is 138 Å². The zero-order valence-corrected chi connectivity index (χ0v) is 12.8. The first kappa shape index (κ1) is 14.1. The van der Waals surface area contributed by atoms with Gasteiger partial charge in [-0.1, -0.05) is 30.3 Å². The number of nitrogens with one attached hydrogen (secondary N) is 1. The minimum absolute atomic E-state index is 0.459. The molecule has 118 valence electrons. The summed E-state index contributed by atoms with van der Waals surface area (Å²) in [4.78, 5) is 3.97. The minimum atomic E-state index is 0.459. The van der Waals surface area contributed by atoms with E-state index in [9.17, 15) is 0 Å². The van der Waals surface area contributed by atoms with Crippen molar-refractivity contribution in [3.63, 3.8) is 0 Å². The number of anilines is 2. The predicted octanol–water partition coefficient (Wildman–Crippen LogP) is 2.38. The second kappa shape index (κ2) is 5.96. The molecule has 3 aromatic heterocycles. The zero-order chi connectivity index (χ0) is 16.4. The number of aromatic nitrogens is 5. The lowest BCUT2D eigenvalue weighted by atomic mass is 10.1. The molecule has 0 saturated carbocycles. The lowest BCUT2D eigenvalue weighted by molar-refractivity contribution is 0.832. The predicted molar refractivity (Wildman–Crippen MR) is 92.2 cm³/mol. The summed E-state index contributed by atoms with van der Waals surface area (Å²) in [5, 5.41) is 16.2. The third-order valence-electron chi connectivity index (χ3n) is 3.69. The fourth-order valence-electron chi connectivity index (χ4n) is 2.45. The van der Waals surface area contributed by atoms with Gasteiger partial charge in [0.2, 0.25) is 0 Å². The molecule has 0 spiro atoms. The Morgan fingerprint density at radius 3 is 2.71 bits per heavy atom. The fourth-order valence-corrected chi connectivity index (χ4v) is 2.45. The highest BCUT2D eigenvalue weighted by Gasteiger charge is 2.09. The van der Waals surface area contributed by atoms with Gasteiger partial charge in [-0.3, -0.25) is 4.98 Å². The molecule has 0 amide bonds. The summed E-state index contributed by atoms with van der Waals surface area (Å²) < 4.78 is 1.74. The molecule has 0 aliphatic heterocycles. The number of hydrogen-bond donors (Lipinski definition) is 2. The van der Waals surface area contributed by atoms with Crippen LogP contribution in [0.2, 0.25) is 0 Å². The number of pyridine rings is 1. The van der Waals surface area contributed by atoms with Crippen molar-refractivity contribution in [1.82, 2.24) is 24.8 Å². The first-order valence-corrected chi connectivity index (χ1v) is 7.51. The van der Waals surface area contributed by atoms with Gasteiger partial charge in [-0.25, -0.2) is 0 Å². The molecule has 4 rings (SSSR count). The van der Waals surface area contributed by atoms with Crippen LogP contribution in [0.15, 0.2) is 60.9 Å². The molecular weight excluding hydrogens is 302 g/mol. The van der Waals surface area contributed by atoms with E-state index in [-0.39, 0.29) is 0 Å². The maximum absolute atomic E-state index is 5.89. The van der Waals surface area contributed by atoms with Crippen LogP contribution in [0.1, 0.15) is 5.82 Å². The molecule has 0 atom stereocenters. The number of fused-ring (bicyclic) bond motifs is 1. The SMILES string of the molecule is Nc1cnccc1NCc1nnc2ccc(-c3ccccc3)nn12. The molecule has 7 nitrogen and oxygen atoms in total. The minimum Gasteiger partial charge on any atom is -0.396 e. The van der Waals surface area contributed by atoms with Crippen molar-refractivity contribution in [3.05, 3.63) is 66.7 Å². The van der Waals surface area contributed by atoms with Gasteiger partial charge >= 0.3 is 0 Å². The third kappa shape index (κ3) is 2.63. The molecule has 4 aromatic rings. The quantitative estimate of drug-likeness (QED) is 0.600. The fraction of sp³-hybridized carbons (Fsp3) is 0.0588. The number of nitrogens with zero attached hydrogens (tertiary/aromatic N) is 5. The van der Waals surface area contributed by atoms with Crippen LogP contribution in [0.5, 0.6) is 0 Å². The van der Waals surface area contributed by atoms with Crippen molar-refractivity contribution in [2.75, 3.05) is 11.1 Å². The first-order valence-electron chi connectivity index (χ1n) is 7.51. The Balaban J connectivity index is 1.65. The second-order valence-corrected chi connectivity index (χ2v) is 5.29. The summed E-state index contributed by atoms with van der Waals surface area (Å²) in [5.41, 5.74) is 9.90. The molecule has 3 heterocycles. The van der Waals surface area contributed by atoms with E-state index in [1.807, 2.05) is 48.5 Å². The second-order valence-electron chi connectivity index (χ2n) is 5.29. The van der Waals surface area contributed by atoms with Crippen LogP contribution in [-0.4, -0.2) is 24.8 Å². The van der Waals surface area contributed by atoms with Crippen molar-refractivity contribution in [3.8, 4) is 11.3 Å². The largest absolute Gasteiger partial charge is 0.396 e. The molecule has 0 saturated heterocycles. The van der Waals surface area contributed by atoms with E-state index in [4.69, 9.17) is 5.73 Å². The average molecular weight is 317 g/mol. The van der Waals surface area contributed by atoms with Crippen LogP contribution in [0.4, 0.5) is 11.4 Å². The number of nitrogen functional groups attached to an aromatic ring is 1. The van der Waals surface area contributed by atoms with Crippen LogP contribution in [0.3, 0.4) is 0 Å². The summed E-state index contributed by atoms with van der Waals surface area (Å²) in [6.45, 7) is 0.459. The molecule has 0 bridgehead atoms. The molecular formula is C17H15N7. The van der Waals surface area contributed by atoms with E-state index in [1.54, 1.807) is 16.9 Å². The Morgan fingerprint density at radius 2 is 1.88 bits per heavy atom. The van der Waals surface area contributed by atoms with Gasteiger partial charge in [-0.2, -0.15) is 9.61 Å². The third-order valence-corrected chi connectivity index (χ3v) is 3.69. The van der Waals surface area contributed by atoms with Crippen molar-refractivity contribution in [2.45, 2.75) is 6.54 Å². The van der Waals surface area contributed by atoms with Crippen molar-refractivity contribution in [1.29, 1.82) is 0 Å². The molecule has 0 fully saturated rings. The maximum atomic E-state index is 5.89. The molecule has 3 N–H and O–H groups in total. The first-order chi connectivity index (χ1) is 11.8. The number of benzene rings is 1. The van der Waals surface area contributed by atoms with E-state index in [0.29, 0.717) is 23.7 Å². The van der Waals surface area contributed by atoms with Crippen molar-refractivity contribution < 1.29 is 0 Å². The highest BCUT2D eigenvalue weighted by molar-refractivity contribution is 5.64. The summed E-state index contributed by atoms with van der Waals surface area (Å²) in [5.74, 6) is 0.707. The summed E-state index contributed by atoms with van der Waals surface area (Å²) in [6.07, 6.45) is 3.29. The zero-order valence-electron chi connectivity index (χ0n) is 12.8. The highest BCUT2D eigenvalue weighted by Crippen LogP contribution is 2.18. The van der Waals surface area contributed by atoms with E-state index < -0.39 is 0 Å². The van der Waals surface area contributed by atoms with Gasteiger partial charge in [0.1, 0.15) is 0 Å². The van der Waals surface area contributed by atoms with Crippen molar-refractivity contribution in [2.24, 2.45) is 0 Å². The molecule has 0 radical (unpaired) electrons. The van der Waals surface area contributed by atoms with Gasteiger partial charge in [0.15, 0.2) is 11.5 Å². The standard InChI is InChI=1S/C17H15N7/c18-13-10-19-9-8-15(13)20-11-17-22-21-16-7-6-14(23-24(16)17)12-4-2-1-3-5-12/h1-10H,11,18H2,(H,19,20). The van der Waals surface area contributed by atoms with Gasteiger partial charge in [0, 0.05) is 11.8 Å². The summed E-state index contributed by atoms with van der Waals surface area (Å²) in [6, 6.07) is 15.7. The van der Waals surface area contributed by atoms with Gasteiger partial charge in [-0.15, -0.1) is 10.2 Å². The monoisotopic (exact) mass is 317 g/mol. The van der Waals surface area contributed by atoms with Crippen LogP contribution < -0.4 is 11.1 Å². The van der Waals surface area contributed by atoms with E-state index in [2.05, 4.69) is 25.6 Å². The van der Waals surface area contributed by atoms with Crippen LogP contribution in [-0.2, 0) is 6.54 Å². The van der Waals surface area contributed by atoms with Gasteiger partial charge in [-0.05, 0) is 18.2 Å². The highest BCUT2D eigenvalue weighted by atomic mass is 15.4. The Kier molecular flexibility index (Phi) is 3.51. The van der Waals surface area contributed by atoms with Crippen LogP contribution in [0, 0.1) is 0 Å². The average Bonchev–Trinajstić information content (AvgIpc) is 3.04. The Hall–Kier alpha value is -3.48. The van der Waals surface area contributed by atoms with Crippen LogP contribution >= 0.6 is 0 Å². The molecule has 24 heavy (non-hydrogen) atoms. The summed E-state index contributed by atoms with van der Waals surface area (Å²) in [7, 11) is 0. The molecule has 7 heteroatoms. The van der Waals surface area contributed by atoms with Crippen molar-refractivity contribution >= 4 is 17.0 Å². The Bertz CT molecular complexity index is 979. The van der Waals surface area contributed by atoms with Crippen LogP contribution in [0.25, 0.3) is 16.9 Å². The lowest BCUT2D eigenvalue weighted by Gasteiger charge is -2.07.